The molecule has 4 aliphatic rings. The molecule has 0 N–H and O–H groups in total. The minimum atomic E-state index is 0.485. The second kappa shape index (κ2) is 10.8. The number of unbranched alkanes of at least 4 members (excludes halogenated alkanes) is 1. The van der Waals surface area contributed by atoms with Crippen molar-refractivity contribution in [1.82, 2.24) is 0 Å². The Hall–Kier alpha value is -0.410. The van der Waals surface area contributed by atoms with Crippen LogP contribution in [0, 0.1) is 40.4 Å². The molecular formula is C32H50NS2+. The molecule has 0 aliphatic heterocycles. The van der Waals surface area contributed by atoms with Crippen LogP contribution in [0.2, 0.25) is 0 Å². The summed E-state index contributed by atoms with van der Waals surface area (Å²) in [4.78, 5) is 0. The first-order chi connectivity index (χ1) is 16.8. The van der Waals surface area contributed by atoms with E-state index in [4.69, 9.17) is 0 Å². The molecule has 35 heavy (non-hydrogen) atoms. The summed E-state index contributed by atoms with van der Waals surface area (Å²) in [5.41, 5.74) is 2.96. The number of allylic oxidation sites excluding steroid dienone is 2. The maximum Gasteiger partial charge on any atom is 0.250 e. The van der Waals surface area contributed by atoms with Crippen LogP contribution in [0.25, 0.3) is 0 Å². The third kappa shape index (κ3) is 5.16. The fourth-order valence-electron chi connectivity index (χ4n) is 8.95. The van der Waals surface area contributed by atoms with E-state index in [1.807, 2.05) is 16.4 Å². The smallest absolute Gasteiger partial charge is 0.195 e. The van der Waals surface area contributed by atoms with E-state index in [2.05, 4.69) is 80.6 Å². The van der Waals surface area contributed by atoms with Gasteiger partial charge in [-0.2, -0.15) is 4.57 Å². The van der Waals surface area contributed by atoms with Crippen molar-refractivity contribution in [3.8, 4) is 0 Å². The van der Waals surface area contributed by atoms with E-state index in [1.165, 1.54) is 82.1 Å². The zero-order valence-electron chi connectivity index (χ0n) is 23.1. The highest BCUT2D eigenvalue weighted by Gasteiger charge is 2.58. The number of hydrogen-bond donors (Lipinski definition) is 0. The molecule has 3 saturated carbocycles. The van der Waals surface area contributed by atoms with Gasteiger partial charge in [0.2, 0.25) is 5.03 Å². The lowest BCUT2D eigenvalue weighted by Gasteiger charge is -2.58. The van der Waals surface area contributed by atoms with Crippen LogP contribution in [0.3, 0.4) is 0 Å². The van der Waals surface area contributed by atoms with Crippen LogP contribution in [0.1, 0.15) is 105 Å². The zero-order chi connectivity index (χ0) is 24.6. The second-order valence-corrected chi connectivity index (χ2v) is 16.0. The zero-order valence-corrected chi connectivity index (χ0v) is 24.7. The van der Waals surface area contributed by atoms with Gasteiger partial charge in [-0.15, -0.1) is 0 Å². The van der Waals surface area contributed by atoms with Crippen molar-refractivity contribution in [3.05, 3.63) is 36.0 Å². The van der Waals surface area contributed by atoms with E-state index in [9.17, 15) is 0 Å². The van der Waals surface area contributed by atoms with Crippen LogP contribution in [0.15, 0.2) is 41.1 Å². The first kappa shape index (κ1) is 26.2. The first-order valence-corrected chi connectivity index (χ1v) is 17.0. The highest BCUT2D eigenvalue weighted by molar-refractivity contribution is 8.76. The van der Waals surface area contributed by atoms with E-state index < -0.39 is 0 Å². The molecule has 1 nitrogen and oxygen atoms in total. The quantitative estimate of drug-likeness (QED) is 0.148. The molecule has 3 fully saturated rings. The number of rotatable bonds is 8. The topological polar surface area (TPSA) is 3.88 Å². The van der Waals surface area contributed by atoms with Crippen molar-refractivity contribution in [2.24, 2.45) is 47.5 Å². The number of fused-ring (bicyclic) bond motifs is 5. The van der Waals surface area contributed by atoms with Gasteiger partial charge < -0.3 is 0 Å². The Morgan fingerprint density at radius 1 is 1.03 bits per heavy atom. The second-order valence-electron chi connectivity index (χ2n) is 13.5. The van der Waals surface area contributed by atoms with Gasteiger partial charge in [0.15, 0.2) is 6.20 Å². The first-order valence-electron chi connectivity index (χ1n) is 14.8. The van der Waals surface area contributed by atoms with E-state index in [1.54, 1.807) is 0 Å². The number of aromatic nitrogens is 1. The minimum absolute atomic E-state index is 0.485. The van der Waals surface area contributed by atoms with Gasteiger partial charge in [0.05, 0.1) is 0 Å². The molecule has 0 saturated heterocycles. The number of aryl methyl sites for hydroxylation is 1. The molecule has 0 amide bonds. The van der Waals surface area contributed by atoms with Crippen LogP contribution in [0.4, 0.5) is 0 Å². The highest BCUT2D eigenvalue weighted by atomic mass is 33.1. The molecular weight excluding hydrogens is 462 g/mol. The molecule has 0 aromatic carbocycles. The van der Waals surface area contributed by atoms with Crippen LogP contribution < -0.4 is 4.57 Å². The van der Waals surface area contributed by atoms with Crippen molar-refractivity contribution in [1.29, 1.82) is 0 Å². The minimum Gasteiger partial charge on any atom is -0.195 e. The molecule has 1 heterocycles. The Morgan fingerprint density at radius 2 is 1.89 bits per heavy atom. The molecule has 0 spiro atoms. The lowest BCUT2D eigenvalue weighted by atomic mass is 9.47. The molecule has 5 rings (SSSR count). The normalized spacial score (nSPS) is 38.6. The van der Waals surface area contributed by atoms with Gasteiger partial charge in [-0.3, -0.25) is 0 Å². The van der Waals surface area contributed by atoms with Gasteiger partial charge in [-0.05, 0) is 104 Å². The SMILES string of the molecule is CC(C)CCCCC1CCC2C3CC=C4CC(SSc5cccc[n+]5C)CCC4(C)C3CCC12C. The van der Waals surface area contributed by atoms with Crippen molar-refractivity contribution in [2.75, 3.05) is 0 Å². The lowest BCUT2D eigenvalue weighted by molar-refractivity contribution is -0.708. The summed E-state index contributed by atoms with van der Waals surface area (Å²) in [6.45, 7) is 10.2. The Kier molecular flexibility index (Phi) is 8.05. The van der Waals surface area contributed by atoms with Gasteiger partial charge in [-0.25, -0.2) is 0 Å². The Morgan fingerprint density at radius 3 is 2.69 bits per heavy atom. The highest BCUT2D eigenvalue weighted by Crippen LogP contribution is 2.67. The Bertz CT molecular complexity index is 909. The summed E-state index contributed by atoms with van der Waals surface area (Å²) >= 11 is 0. The van der Waals surface area contributed by atoms with Gasteiger partial charge in [0, 0.05) is 28.2 Å². The third-order valence-electron chi connectivity index (χ3n) is 11.1. The van der Waals surface area contributed by atoms with Crippen molar-refractivity contribution in [2.45, 2.75) is 115 Å². The average Bonchev–Trinajstić information content (AvgIpc) is 3.17. The summed E-state index contributed by atoms with van der Waals surface area (Å²) in [6, 6.07) is 6.55. The van der Waals surface area contributed by atoms with Crippen molar-refractivity contribution in [3.63, 3.8) is 0 Å². The number of hydrogen-bond acceptors (Lipinski definition) is 2. The van der Waals surface area contributed by atoms with E-state index in [-0.39, 0.29) is 0 Å². The van der Waals surface area contributed by atoms with E-state index >= 15 is 0 Å². The maximum absolute atomic E-state index is 2.77. The standard InChI is InChI=1S/C32H50NS2/c1-23(2)10-6-7-11-24-14-16-28-27-15-13-25-22-26(34-35-30-12-8-9-21-33(30)5)17-19-32(25,4)29(27)18-20-31(24,28)3/h8-9,12-13,21,23-24,26-29H,6-7,10-11,14-20,22H2,1-5H3/q+1. The number of nitrogens with zero attached hydrogens (tertiary/aromatic N) is 1. The summed E-state index contributed by atoms with van der Waals surface area (Å²) < 4.78 is 2.26. The molecule has 4 aliphatic carbocycles. The van der Waals surface area contributed by atoms with Crippen LogP contribution in [-0.2, 0) is 7.05 Å². The molecule has 0 radical (unpaired) electrons. The van der Waals surface area contributed by atoms with Gasteiger partial charge in [0.25, 0.3) is 0 Å². The molecule has 7 atom stereocenters. The predicted molar refractivity (Wildman–Crippen MR) is 153 cm³/mol. The summed E-state index contributed by atoms with van der Waals surface area (Å²) in [5.74, 6) is 4.78. The molecule has 7 unspecified atom stereocenters. The lowest BCUT2D eigenvalue weighted by Crippen LogP contribution is -2.50. The third-order valence-corrected chi connectivity index (χ3v) is 14.1. The van der Waals surface area contributed by atoms with Crippen LogP contribution >= 0.6 is 21.6 Å². The monoisotopic (exact) mass is 512 g/mol. The molecule has 1 aromatic rings. The fraction of sp³-hybridized carbons (Fsp3) is 0.781. The van der Waals surface area contributed by atoms with Gasteiger partial charge in [0.1, 0.15) is 7.05 Å². The maximum atomic E-state index is 2.77. The molecule has 194 valence electrons. The van der Waals surface area contributed by atoms with Crippen molar-refractivity contribution < 1.29 is 4.57 Å². The Balaban J connectivity index is 1.22. The average molecular weight is 513 g/mol. The molecule has 1 aromatic heterocycles. The fourth-order valence-corrected chi connectivity index (χ4v) is 11.7. The van der Waals surface area contributed by atoms with E-state index in [0.29, 0.717) is 10.8 Å². The summed E-state index contributed by atoms with van der Waals surface area (Å²) in [5, 5.41) is 2.14. The predicted octanol–water partition coefficient (Wildman–Crippen LogP) is 9.42. The summed E-state index contributed by atoms with van der Waals surface area (Å²) in [6.07, 6.45) is 22.4. The van der Waals surface area contributed by atoms with Gasteiger partial charge in [-0.1, -0.05) is 69.4 Å². The van der Waals surface area contributed by atoms with Crippen LogP contribution in [0.5, 0.6) is 0 Å². The molecule has 3 heteroatoms. The van der Waals surface area contributed by atoms with E-state index in [0.717, 1.165) is 34.8 Å². The Labute approximate surface area is 224 Å². The molecule has 0 bridgehead atoms. The largest absolute Gasteiger partial charge is 0.250 e. The van der Waals surface area contributed by atoms with Gasteiger partial charge >= 0.3 is 0 Å². The summed E-state index contributed by atoms with van der Waals surface area (Å²) in [7, 11) is 6.29. The van der Waals surface area contributed by atoms with Crippen LogP contribution in [-0.4, -0.2) is 5.25 Å². The number of pyridine rings is 1. The van der Waals surface area contributed by atoms with Crippen molar-refractivity contribution >= 4 is 21.6 Å².